The summed E-state index contributed by atoms with van der Waals surface area (Å²) in [6, 6.07) is 9.92. The van der Waals surface area contributed by atoms with Crippen molar-refractivity contribution in [1.29, 1.82) is 0 Å². The minimum atomic E-state index is -3.53. The molecule has 128 valence electrons. The molecular weight excluding hydrogens is 345 g/mol. The number of hydrogen-bond donors (Lipinski definition) is 2. The van der Waals surface area contributed by atoms with Gasteiger partial charge in [-0.25, -0.2) is 22.5 Å². The van der Waals surface area contributed by atoms with Gasteiger partial charge in [-0.3, -0.25) is 4.79 Å². The molecule has 1 aromatic heterocycles. The van der Waals surface area contributed by atoms with E-state index in [9.17, 15) is 17.6 Å². The number of H-pyrrole nitrogens is 1. The third-order valence-corrected chi connectivity index (χ3v) is 5.54. The van der Waals surface area contributed by atoms with E-state index in [1.165, 1.54) is 24.3 Å². The van der Waals surface area contributed by atoms with E-state index in [4.69, 9.17) is 0 Å². The zero-order chi connectivity index (χ0) is 17.6. The Bertz CT molecular complexity index is 1120. The number of hydrogen-bond acceptors (Lipinski definition) is 4. The first-order valence-corrected chi connectivity index (χ1v) is 9.23. The lowest BCUT2D eigenvalue weighted by Crippen LogP contribution is -2.25. The average Bonchev–Trinajstić information content (AvgIpc) is 3.39. The lowest BCUT2D eigenvalue weighted by molar-refractivity contribution is 0.581. The maximum atomic E-state index is 13.2. The Morgan fingerprint density at radius 1 is 1.12 bits per heavy atom. The van der Waals surface area contributed by atoms with Crippen LogP contribution in [0.3, 0.4) is 0 Å². The fraction of sp³-hybridized carbons (Fsp3) is 0.176. The molecule has 0 saturated heterocycles. The molecule has 1 aliphatic rings. The second kappa shape index (κ2) is 5.75. The van der Waals surface area contributed by atoms with Crippen molar-refractivity contribution in [3.8, 4) is 11.4 Å². The largest absolute Gasteiger partial charge is 0.306 e. The molecule has 1 aliphatic carbocycles. The molecule has 2 aromatic carbocycles. The summed E-state index contributed by atoms with van der Waals surface area (Å²) in [6.07, 6.45) is 1.72. The minimum Gasteiger partial charge on any atom is -0.306 e. The SMILES string of the molecule is O=c1[nH]c(-c2ccc(S(=O)(=O)NC3CC3)cc2)nc2ccc(F)cc12. The van der Waals surface area contributed by atoms with Gasteiger partial charge in [0.25, 0.3) is 5.56 Å². The molecule has 25 heavy (non-hydrogen) atoms. The van der Waals surface area contributed by atoms with Crippen molar-refractivity contribution < 1.29 is 12.8 Å². The quantitative estimate of drug-likeness (QED) is 0.747. The Hall–Kier alpha value is -2.58. The Kier molecular flexibility index (Phi) is 3.66. The first-order valence-electron chi connectivity index (χ1n) is 7.75. The molecule has 0 atom stereocenters. The summed E-state index contributed by atoms with van der Waals surface area (Å²) >= 11 is 0. The monoisotopic (exact) mass is 359 g/mol. The van der Waals surface area contributed by atoms with Gasteiger partial charge in [0.2, 0.25) is 10.0 Å². The van der Waals surface area contributed by atoms with Crippen molar-refractivity contribution in [3.63, 3.8) is 0 Å². The molecule has 0 amide bonds. The molecule has 6 nitrogen and oxygen atoms in total. The topological polar surface area (TPSA) is 91.9 Å². The molecule has 0 spiro atoms. The van der Waals surface area contributed by atoms with Crippen LogP contribution < -0.4 is 10.3 Å². The van der Waals surface area contributed by atoms with Gasteiger partial charge in [0.05, 0.1) is 15.8 Å². The highest BCUT2D eigenvalue weighted by Crippen LogP contribution is 2.23. The number of rotatable bonds is 4. The van der Waals surface area contributed by atoms with Gasteiger partial charge in [-0.2, -0.15) is 0 Å². The molecule has 1 saturated carbocycles. The molecule has 0 bridgehead atoms. The molecule has 0 radical (unpaired) electrons. The third-order valence-electron chi connectivity index (χ3n) is 4.00. The molecule has 1 fully saturated rings. The summed E-state index contributed by atoms with van der Waals surface area (Å²) in [7, 11) is -3.53. The van der Waals surface area contributed by atoms with E-state index >= 15 is 0 Å². The van der Waals surface area contributed by atoms with Crippen LogP contribution in [0.2, 0.25) is 0 Å². The second-order valence-electron chi connectivity index (χ2n) is 6.00. The lowest BCUT2D eigenvalue weighted by Gasteiger charge is -2.07. The van der Waals surface area contributed by atoms with Gasteiger partial charge >= 0.3 is 0 Å². The van der Waals surface area contributed by atoms with Crippen molar-refractivity contribution in [2.24, 2.45) is 0 Å². The number of benzene rings is 2. The second-order valence-corrected chi connectivity index (χ2v) is 7.71. The number of fused-ring (bicyclic) bond motifs is 1. The smallest absolute Gasteiger partial charge is 0.259 e. The minimum absolute atomic E-state index is 0.0311. The highest BCUT2D eigenvalue weighted by molar-refractivity contribution is 7.89. The van der Waals surface area contributed by atoms with Gasteiger partial charge in [0, 0.05) is 11.6 Å². The third kappa shape index (κ3) is 3.18. The zero-order valence-corrected chi connectivity index (χ0v) is 13.8. The number of sulfonamides is 1. The van der Waals surface area contributed by atoms with Crippen LogP contribution in [0, 0.1) is 5.82 Å². The molecule has 1 heterocycles. The van der Waals surface area contributed by atoms with Gasteiger partial charge in [-0.1, -0.05) is 0 Å². The number of halogens is 1. The molecule has 8 heteroatoms. The highest BCUT2D eigenvalue weighted by Gasteiger charge is 2.27. The van der Waals surface area contributed by atoms with Crippen LogP contribution in [0.15, 0.2) is 52.2 Å². The Balaban J connectivity index is 1.71. The van der Waals surface area contributed by atoms with E-state index in [-0.39, 0.29) is 16.3 Å². The summed E-state index contributed by atoms with van der Waals surface area (Å²) in [6.45, 7) is 0. The highest BCUT2D eigenvalue weighted by atomic mass is 32.2. The Morgan fingerprint density at radius 3 is 2.52 bits per heavy atom. The van der Waals surface area contributed by atoms with Crippen LogP contribution in [0.5, 0.6) is 0 Å². The normalized spacial score (nSPS) is 14.8. The maximum absolute atomic E-state index is 13.2. The van der Waals surface area contributed by atoms with Crippen molar-refractivity contribution >= 4 is 20.9 Å². The van der Waals surface area contributed by atoms with E-state index in [2.05, 4.69) is 14.7 Å². The molecule has 4 rings (SSSR count). The number of nitrogens with zero attached hydrogens (tertiary/aromatic N) is 1. The standard InChI is InChI=1S/C17H14FN3O3S/c18-11-3-8-15-14(9-11)17(22)20-16(19-15)10-1-6-13(7-2-10)25(23,24)21-12-4-5-12/h1-3,6-9,12,21H,4-5H2,(H,19,20,22). The van der Waals surface area contributed by atoms with Crippen LogP contribution in [0.4, 0.5) is 4.39 Å². The Morgan fingerprint density at radius 2 is 1.84 bits per heavy atom. The van der Waals surface area contributed by atoms with E-state index in [0.717, 1.165) is 18.9 Å². The van der Waals surface area contributed by atoms with Crippen LogP contribution in [-0.4, -0.2) is 24.4 Å². The molecule has 3 aromatic rings. The van der Waals surface area contributed by atoms with Gasteiger partial charge < -0.3 is 4.98 Å². The summed E-state index contributed by atoms with van der Waals surface area (Å²) in [5.41, 5.74) is 0.479. The molecular formula is C17H14FN3O3S. The number of aromatic nitrogens is 2. The van der Waals surface area contributed by atoms with Gasteiger partial charge in [0.15, 0.2) is 0 Å². The number of aromatic amines is 1. The van der Waals surface area contributed by atoms with Crippen LogP contribution >= 0.6 is 0 Å². The van der Waals surface area contributed by atoms with E-state index in [1.807, 2.05) is 0 Å². The summed E-state index contributed by atoms with van der Waals surface area (Å²) < 4.78 is 40.2. The van der Waals surface area contributed by atoms with E-state index < -0.39 is 21.4 Å². The number of nitrogens with one attached hydrogen (secondary N) is 2. The van der Waals surface area contributed by atoms with Gasteiger partial charge in [-0.15, -0.1) is 0 Å². The maximum Gasteiger partial charge on any atom is 0.259 e. The van der Waals surface area contributed by atoms with Crippen molar-refractivity contribution in [3.05, 3.63) is 58.6 Å². The summed E-state index contributed by atoms with van der Waals surface area (Å²) in [5.74, 6) is -0.214. The molecule has 0 aliphatic heterocycles. The van der Waals surface area contributed by atoms with Crippen LogP contribution in [0.1, 0.15) is 12.8 Å². The fourth-order valence-electron chi connectivity index (χ4n) is 2.53. The first kappa shape index (κ1) is 15.9. The van der Waals surface area contributed by atoms with Crippen LogP contribution in [0.25, 0.3) is 22.3 Å². The van der Waals surface area contributed by atoms with Crippen molar-refractivity contribution in [2.75, 3.05) is 0 Å². The molecule has 2 N–H and O–H groups in total. The van der Waals surface area contributed by atoms with Gasteiger partial charge in [-0.05, 0) is 55.3 Å². The summed E-state index contributed by atoms with van der Waals surface area (Å²) in [4.78, 5) is 19.2. The van der Waals surface area contributed by atoms with Crippen molar-refractivity contribution in [1.82, 2.24) is 14.7 Å². The predicted molar refractivity (Wildman–Crippen MR) is 91.1 cm³/mol. The van der Waals surface area contributed by atoms with Crippen LogP contribution in [-0.2, 0) is 10.0 Å². The van der Waals surface area contributed by atoms with Crippen molar-refractivity contribution in [2.45, 2.75) is 23.8 Å². The fourth-order valence-corrected chi connectivity index (χ4v) is 3.83. The Labute approximate surface area is 142 Å². The molecule has 0 unspecified atom stereocenters. The summed E-state index contributed by atoms with van der Waals surface area (Å²) in [5, 5.41) is 0.164. The predicted octanol–water partition coefficient (Wildman–Crippen LogP) is 2.17. The van der Waals surface area contributed by atoms with E-state index in [1.54, 1.807) is 12.1 Å². The first-order chi connectivity index (χ1) is 11.9. The van der Waals surface area contributed by atoms with Gasteiger partial charge in [0.1, 0.15) is 11.6 Å². The lowest BCUT2D eigenvalue weighted by atomic mass is 10.2. The zero-order valence-electron chi connectivity index (χ0n) is 13.0. The average molecular weight is 359 g/mol. The van der Waals surface area contributed by atoms with E-state index in [0.29, 0.717) is 16.9 Å².